The molecule has 2 heterocycles. The molecule has 19 heavy (non-hydrogen) atoms. The summed E-state index contributed by atoms with van der Waals surface area (Å²) in [5.74, 6) is -0.634. The Morgan fingerprint density at radius 1 is 1.47 bits per heavy atom. The minimum absolute atomic E-state index is 0.137. The van der Waals surface area contributed by atoms with Crippen molar-refractivity contribution in [2.24, 2.45) is 5.92 Å². The van der Waals surface area contributed by atoms with Crippen LogP contribution in [0.1, 0.15) is 26.2 Å². The maximum absolute atomic E-state index is 12.4. The molecular weight excluding hydrogens is 248 g/mol. The third-order valence-electron chi connectivity index (χ3n) is 4.08. The first-order valence-corrected chi connectivity index (χ1v) is 6.98. The van der Waals surface area contributed by atoms with E-state index < -0.39 is 18.1 Å². The second kappa shape index (κ2) is 6.34. The predicted molar refractivity (Wildman–Crippen MR) is 68.8 cm³/mol. The fourth-order valence-corrected chi connectivity index (χ4v) is 2.83. The maximum Gasteiger partial charge on any atom is 0.326 e. The Balaban J connectivity index is 2.03. The summed E-state index contributed by atoms with van der Waals surface area (Å²) >= 11 is 0. The third-order valence-corrected chi connectivity index (χ3v) is 4.08. The van der Waals surface area contributed by atoms with E-state index in [1.165, 1.54) is 4.90 Å². The number of carbonyl (C=O) groups excluding carboxylic acids is 1. The van der Waals surface area contributed by atoms with Gasteiger partial charge in [0, 0.05) is 13.1 Å². The van der Waals surface area contributed by atoms with Gasteiger partial charge >= 0.3 is 5.97 Å². The highest BCUT2D eigenvalue weighted by atomic mass is 16.5. The van der Waals surface area contributed by atoms with E-state index in [4.69, 9.17) is 4.74 Å². The van der Waals surface area contributed by atoms with Gasteiger partial charge in [-0.2, -0.15) is 0 Å². The van der Waals surface area contributed by atoms with Crippen molar-refractivity contribution in [3.63, 3.8) is 0 Å². The standard InChI is InChI=1S/C13H22N2O4/c1-2-9-3-5-15(11(7-9)13(17)18)12(16)10-8-19-6-4-14-10/h9-11,14H,2-8H2,1H3,(H,17,18). The zero-order valence-corrected chi connectivity index (χ0v) is 11.3. The molecule has 0 spiro atoms. The number of hydrogen-bond acceptors (Lipinski definition) is 4. The highest BCUT2D eigenvalue weighted by molar-refractivity contribution is 5.87. The van der Waals surface area contributed by atoms with Gasteiger partial charge in [-0.15, -0.1) is 0 Å². The van der Waals surface area contributed by atoms with Crippen molar-refractivity contribution in [3.8, 4) is 0 Å². The zero-order chi connectivity index (χ0) is 13.8. The normalized spacial score (nSPS) is 32.1. The van der Waals surface area contributed by atoms with Crippen molar-refractivity contribution in [2.45, 2.75) is 38.3 Å². The Hall–Kier alpha value is -1.14. The lowest BCUT2D eigenvalue weighted by Crippen LogP contribution is -2.58. The second-order valence-corrected chi connectivity index (χ2v) is 5.27. The Morgan fingerprint density at radius 3 is 2.84 bits per heavy atom. The number of rotatable bonds is 3. The average molecular weight is 270 g/mol. The van der Waals surface area contributed by atoms with E-state index in [0.717, 1.165) is 12.8 Å². The van der Waals surface area contributed by atoms with Crippen LogP contribution in [0.15, 0.2) is 0 Å². The third kappa shape index (κ3) is 3.25. The summed E-state index contributed by atoms with van der Waals surface area (Å²) < 4.78 is 5.27. The molecule has 0 aliphatic carbocycles. The number of morpholine rings is 1. The van der Waals surface area contributed by atoms with Gasteiger partial charge in [0.05, 0.1) is 13.2 Å². The molecule has 0 bridgehead atoms. The largest absolute Gasteiger partial charge is 0.480 e. The minimum atomic E-state index is -0.900. The average Bonchev–Trinajstić information content (AvgIpc) is 2.46. The van der Waals surface area contributed by atoms with E-state index in [0.29, 0.717) is 38.6 Å². The van der Waals surface area contributed by atoms with Gasteiger partial charge in [-0.25, -0.2) is 4.79 Å². The Bertz CT molecular complexity index is 342. The number of carboxylic acid groups (broad SMARTS) is 1. The van der Waals surface area contributed by atoms with Crippen molar-refractivity contribution < 1.29 is 19.4 Å². The van der Waals surface area contributed by atoms with E-state index in [2.05, 4.69) is 12.2 Å². The van der Waals surface area contributed by atoms with Crippen LogP contribution in [-0.2, 0) is 14.3 Å². The number of carbonyl (C=O) groups is 2. The summed E-state index contributed by atoms with van der Waals surface area (Å²) in [5.41, 5.74) is 0. The molecule has 0 radical (unpaired) electrons. The number of piperidine rings is 1. The SMILES string of the molecule is CCC1CCN(C(=O)C2COCCN2)C(C(=O)O)C1. The van der Waals surface area contributed by atoms with Crippen LogP contribution in [0.2, 0.25) is 0 Å². The molecule has 0 saturated carbocycles. The molecule has 1 amide bonds. The van der Waals surface area contributed by atoms with E-state index >= 15 is 0 Å². The number of ether oxygens (including phenoxy) is 1. The van der Waals surface area contributed by atoms with Crippen LogP contribution in [0.4, 0.5) is 0 Å². The molecular formula is C13H22N2O4. The second-order valence-electron chi connectivity index (χ2n) is 5.27. The van der Waals surface area contributed by atoms with Crippen LogP contribution >= 0.6 is 0 Å². The van der Waals surface area contributed by atoms with Crippen LogP contribution < -0.4 is 5.32 Å². The Morgan fingerprint density at radius 2 is 2.26 bits per heavy atom. The summed E-state index contributed by atoms with van der Waals surface area (Å²) in [6.45, 7) is 4.17. The Labute approximate surface area is 113 Å². The van der Waals surface area contributed by atoms with Crippen molar-refractivity contribution in [1.82, 2.24) is 10.2 Å². The molecule has 6 heteroatoms. The number of likely N-dealkylation sites (tertiary alicyclic amines) is 1. The Kier molecular flexibility index (Phi) is 4.76. The number of nitrogens with one attached hydrogen (secondary N) is 1. The summed E-state index contributed by atoms with van der Waals surface area (Å²) in [6.07, 6.45) is 2.42. The molecule has 2 saturated heterocycles. The summed E-state index contributed by atoms with van der Waals surface area (Å²) in [5, 5.41) is 12.4. The van der Waals surface area contributed by atoms with Crippen LogP contribution in [0.25, 0.3) is 0 Å². The molecule has 2 rings (SSSR count). The summed E-state index contributed by atoms with van der Waals surface area (Å²) in [4.78, 5) is 25.3. The molecule has 2 aliphatic heterocycles. The molecule has 3 unspecified atom stereocenters. The first-order valence-electron chi connectivity index (χ1n) is 6.98. The zero-order valence-electron chi connectivity index (χ0n) is 11.3. The fraction of sp³-hybridized carbons (Fsp3) is 0.846. The van der Waals surface area contributed by atoms with E-state index in [1.54, 1.807) is 0 Å². The lowest BCUT2D eigenvalue weighted by molar-refractivity contribution is -0.155. The molecule has 6 nitrogen and oxygen atoms in total. The first-order chi connectivity index (χ1) is 9.13. The van der Waals surface area contributed by atoms with Crippen molar-refractivity contribution >= 4 is 11.9 Å². The van der Waals surface area contributed by atoms with Crippen molar-refractivity contribution in [2.75, 3.05) is 26.3 Å². The van der Waals surface area contributed by atoms with Gasteiger partial charge in [-0.05, 0) is 18.8 Å². The van der Waals surface area contributed by atoms with Crippen molar-refractivity contribution in [1.29, 1.82) is 0 Å². The van der Waals surface area contributed by atoms with Gasteiger partial charge in [0.15, 0.2) is 0 Å². The molecule has 2 N–H and O–H groups in total. The minimum Gasteiger partial charge on any atom is -0.480 e. The van der Waals surface area contributed by atoms with Gasteiger partial charge in [0.2, 0.25) is 5.91 Å². The number of aliphatic carboxylic acids is 1. The topological polar surface area (TPSA) is 78.9 Å². The fourth-order valence-electron chi connectivity index (χ4n) is 2.83. The number of nitrogens with zero attached hydrogens (tertiary/aromatic N) is 1. The monoisotopic (exact) mass is 270 g/mol. The van der Waals surface area contributed by atoms with E-state index in [1.807, 2.05) is 0 Å². The summed E-state index contributed by atoms with van der Waals surface area (Å²) in [7, 11) is 0. The van der Waals surface area contributed by atoms with Crippen LogP contribution in [0.5, 0.6) is 0 Å². The number of hydrogen-bond donors (Lipinski definition) is 2. The number of carboxylic acids is 1. The van der Waals surface area contributed by atoms with Gasteiger partial charge < -0.3 is 20.1 Å². The molecule has 2 fully saturated rings. The molecule has 0 aromatic carbocycles. The highest BCUT2D eigenvalue weighted by Crippen LogP contribution is 2.26. The molecule has 0 aromatic heterocycles. The van der Waals surface area contributed by atoms with Gasteiger partial charge in [-0.3, -0.25) is 4.79 Å². The van der Waals surface area contributed by atoms with Crippen LogP contribution in [0, 0.1) is 5.92 Å². The smallest absolute Gasteiger partial charge is 0.326 e. The van der Waals surface area contributed by atoms with E-state index in [-0.39, 0.29) is 5.91 Å². The van der Waals surface area contributed by atoms with Crippen LogP contribution in [0.3, 0.4) is 0 Å². The van der Waals surface area contributed by atoms with E-state index in [9.17, 15) is 14.7 Å². The first kappa shape index (κ1) is 14.3. The molecule has 108 valence electrons. The van der Waals surface area contributed by atoms with Gasteiger partial charge in [-0.1, -0.05) is 13.3 Å². The lowest BCUT2D eigenvalue weighted by Gasteiger charge is -2.39. The quantitative estimate of drug-likeness (QED) is 0.759. The maximum atomic E-state index is 12.4. The molecule has 0 aromatic rings. The summed E-state index contributed by atoms with van der Waals surface area (Å²) in [6, 6.07) is -1.08. The van der Waals surface area contributed by atoms with Gasteiger partial charge in [0.1, 0.15) is 12.1 Å². The van der Waals surface area contributed by atoms with Gasteiger partial charge in [0.25, 0.3) is 0 Å². The van der Waals surface area contributed by atoms with Crippen LogP contribution in [-0.4, -0.2) is 60.3 Å². The molecule has 2 aliphatic rings. The van der Waals surface area contributed by atoms with Crippen molar-refractivity contribution in [3.05, 3.63) is 0 Å². The number of amides is 1. The highest BCUT2D eigenvalue weighted by Gasteiger charge is 2.38. The lowest BCUT2D eigenvalue weighted by atomic mass is 9.88. The predicted octanol–water partition coefficient (Wildman–Crippen LogP) is 0.0766. The molecule has 3 atom stereocenters.